The summed E-state index contributed by atoms with van der Waals surface area (Å²) in [5.74, 6) is -0.350. The molecule has 0 bridgehead atoms. The zero-order valence-corrected chi connectivity index (χ0v) is 5.98. The molecule has 0 aromatic heterocycles. The Bertz CT molecular complexity index is 168. The maximum absolute atomic E-state index is 10.6. The Morgan fingerprint density at radius 3 is 2.90 bits per heavy atom. The minimum Gasteiger partial charge on any atom is -0.480 e. The van der Waals surface area contributed by atoms with Crippen molar-refractivity contribution in [3.8, 4) is 0 Å². The number of amides is 1. The highest BCUT2D eigenvalue weighted by Crippen LogP contribution is 2.12. The zero-order valence-electron chi connectivity index (χ0n) is 5.16. The van der Waals surface area contributed by atoms with Crippen LogP contribution < -0.4 is 5.32 Å². The summed E-state index contributed by atoms with van der Waals surface area (Å²) in [5.41, 5.74) is 0. The van der Waals surface area contributed by atoms with Gasteiger partial charge in [0, 0.05) is 5.75 Å². The molecule has 5 heteroatoms. The van der Waals surface area contributed by atoms with Gasteiger partial charge in [-0.25, -0.2) is 4.79 Å². The Kier molecular flexibility index (Phi) is 2.16. The van der Waals surface area contributed by atoms with E-state index in [0.29, 0.717) is 12.2 Å². The van der Waals surface area contributed by atoms with E-state index in [1.807, 2.05) is 0 Å². The van der Waals surface area contributed by atoms with E-state index in [4.69, 9.17) is 5.11 Å². The molecule has 4 nitrogen and oxygen atoms in total. The minimum absolute atomic E-state index is 0.237. The number of carboxylic acids is 1. The Balaban J connectivity index is 2.47. The second-order valence-electron chi connectivity index (χ2n) is 1.96. The van der Waals surface area contributed by atoms with E-state index in [-0.39, 0.29) is 5.24 Å². The van der Waals surface area contributed by atoms with Crippen LogP contribution in [0.1, 0.15) is 6.42 Å². The summed E-state index contributed by atoms with van der Waals surface area (Å²) in [5, 5.41) is 10.5. The SMILES string of the molecule is O=C1NC(C(=O)O)CCS1. The highest BCUT2D eigenvalue weighted by Gasteiger charge is 2.23. The zero-order chi connectivity index (χ0) is 7.56. The van der Waals surface area contributed by atoms with E-state index >= 15 is 0 Å². The van der Waals surface area contributed by atoms with Crippen molar-refractivity contribution in [3.63, 3.8) is 0 Å². The molecule has 0 radical (unpaired) electrons. The normalized spacial score (nSPS) is 25.6. The van der Waals surface area contributed by atoms with Crippen LogP contribution in [0.25, 0.3) is 0 Å². The lowest BCUT2D eigenvalue weighted by Crippen LogP contribution is -2.42. The molecule has 1 rings (SSSR count). The fourth-order valence-electron chi connectivity index (χ4n) is 0.711. The summed E-state index contributed by atoms with van der Waals surface area (Å²) < 4.78 is 0. The van der Waals surface area contributed by atoms with Crippen molar-refractivity contribution in [2.24, 2.45) is 0 Å². The number of hydrogen-bond acceptors (Lipinski definition) is 3. The number of carboxylic acid groups (broad SMARTS) is 1. The molecule has 1 aliphatic rings. The average Bonchev–Trinajstić information content (AvgIpc) is 1.88. The highest BCUT2D eigenvalue weighted by atomic mass is 32.2. The van der Waals surface area contributed by atoms with Gasteiger partial charge in [-0.2, -0.15) is 0 Å². The number of nitrogens with one attached hydrogen (secondary N) is 1. The predicted molar refractivity (Wildman–Crippen MR) is 37.0 cm³/mol. The fraction of sp³-hybridized carbons (Fsp3) is 0.600. The van der Waals surface area contributed by atoms with Gasteiger partial charge in [-0.1, -0.05) is 11.8 Å². The number of hydrogen-bond donors (Lipinski definition) is 2. The first kappa shape index (κ1) is 7.40. The third-order valence-corrected chi connectivity index (χ3v) is 2.05. The molecule has 0 aromatic carbocycles. The minimum atomic E-state index is -0.950. The summed E-state index contributed by atoms with van der Waals surface area (Å²) in [6.07, 6.45) is 0.520. The number of carbonyl (C=O) groups excluding carboxylic acids is 1. The van der Waals surface area contributed by atoms with Crippen molar-refractivity contribution in [2.75, 3.05) is 5.75 Å². The summed E-state index contributed by atoms with van der Waals surface area (Å²) >= 11 is 1.13. The standard InChI is InChI=1S/C5H7NO3S/c7-4(8)3-1-2-10-5(9)6-3/h3H,1-2H2,(H,6,9)(H,7,8). The van der Waals surface area contributed by atoms with Gasteiger partial charge < -0.3 is 10.4 Å². The molecule has 10 heavy (non-hydrogen) atoms. The van der Waals surface area contributed by atoms with Gasteiger partial charge in [0.1, 0.15) is 6.04 Å². The molecular formula is C5H7NO3S. The molecule has 0 aliphatic carbocycles. The second kappa shape index (κ2) is 2.92. The molecule has 1 aliphatic heterocycles. The monoisotopic (exact) mass is 161 g/mol. The first-order chi connectivity index (χ1) is 4.70. The van der Waals surface area contributed by atoms with Crippen LogP contribution in [0.5, 0.6) is 0 Å². The average molecular weight is 161 g/mol. The van der Waals surface area contributed by atoms with Crippen molar-refractivity contribution in [1.29, 1.82) is 0 Å². The van der Waals surface area contributed by atoms with Gasteiger partial charge in [-0.15, -0.1) is 0 Å². The molecule has 1 heterocycles. The van der Waals surface area contributed by atoms with Crippen molar-refractivity contribution in [1.82, 2.24) is 5.32 Å². The Labute approximate surface area is 62.0 Å². The van der Waals surface area contributed by atoms with Crippen molar-refractivity contribution < 1.29 is 14.7 Å². The first-order valence-electron chi connectivity index (χ1n) is 2.86. The van der Waals surface area contributed by atoms with Crippen LogP contribution in [0, 0.1) is 0 Å². The molecular weight excluding hydrogens is 154 g/mol. The van der Waals surface area contributed by atoms with Gasteiger partial charge >= 0.3 is 5.97 Å². The molecule has 1 unspecified atom stereocenters. The number of rotatable bonds is 1. The Morgan fingerprint density at radius 1 is 1.80 bits per heavy atom. The van der Waals surface area contributed by atoms with Crippen LogP contribution in [-0.4, -0.2) is 28.1 Å². The molecule has 0 aromatic rings. The third-order valence-electron chi connectivity index (χ3n) is 1.23. The molecule has 2 N–H and O–H groups in total. The van der Waals surface area contributed by atoms with Crippen LogP contribution in [-0.2, 0) is 4.79 Å². The molecule has 1 saturated heterocycles. The Morgan fingerprint density at radius 2 is 2.50 bits per heavy atom. The maximum Gasteiger partial charge on any atom is 0.326 e. The fourth-order valence-corrected chi connectivity index (χ4v) is 1.48. The van der Waals surface area contributed by atoms with E-state index in [0.717, 1.165) is 11.8 Å². The van der Waals surface area contributed by atoms with Gasteiger partial charge in [-0.3, -0.25) is 4.79 Å². The number of aliphatic carboxylic acids is 1. The summed E-state index contributed by atoms with van der Waals surface area (Å²) in [7, 11) is 0. The van der Waals surface area contributed by atoms with E-state index < -0.39 is 12.0 Å². The largest absolute Gasteiger partial charge is 0.480 e. The smallest absolute Gasteiger partial charge is 0.326 e. The van der Waals surface area contributed by atoms with E-state index in [9.17, 15) is 9.59 Å². The molecule has 1 amide bonds. The molecule has 1 fully saturated rings. The summed E-state index contributed by atoms with van der Waals surface area (Å²) in [4.78, 5) is 20.8. The molecule has 0 saturated carbocycles. The maximum atomic E-state index is 10.6. The van der Waals surface area contributed by atoms with E-state index in [1.165, 1.54) is 0 Å². The van der Waals surface area contributed by atoms with Crippen LogP contribution in [0.4, 0.5) is 4.79 Å². The second-order valence-corrected chi connectivity index (χ2v) is 3.03. The molecule has 56 valence electrons. The Hall–Kier alpha value is -0.710. The quantitative estimate of drug-likeness (QED) is 0.580. The lowest BCUT2D eigenvalue weighted by Gasteiger charge is -2.17. The van der Waals surface area contributed by atoms with Crippen molar-refractivity contribution >= 4 is 23.0 Å². The van der Waals surface area contributed by atoms with Crippen LogP contribution in [0.3, 0.4) is 0 Å². The third kappa shape index (κ3) is 1.63. The van der Waals surface area contributed by atoms with Crippen LogP contribution in [0.2, 0.25) is 0 Å². The van der Waals surface area contributed by atoms with Gasteiger partial charge in [-0.05, 0) is 6.42 Å². The van der Waals surface area contributed by atoms with Crippen LogP contribution in [0.15, 0.2) is 0 Å². The van der Waals surface area contributed by atoms with Gasteiger partial charge in [0.15, 0.2) is 0 Å². The van der Waals surface area contributed by atoms with Gasteiger partial charge in [0.2, 0.25) is 0 Å². The predicted octanol–water partition coefficient (Wildman–Crippen LogP) is 0.286. The van der Waals surface area contributed by atoms with Gasteiger partial charge in [0.05, 0.1) is 0 Å². The molecule has 1 atom stereocenters. The topological polar surface area (TPSA) is 66.4 Å². The van der Waals surface area contributed by atoms with E-state index in [1.54, 1.807) is 0 Å². The highest BCUT2D eigenvalue weighted by molar-refractivity contribution is 8.13. The number of thioether (sulfide) groups is 1. The number of carbonyl (C=O) groups is 2. The molecule has 0 spiro atoms. The first-order valence-corrected chi connectivity index (χ1v) is 3.85. The summed E-state index contributed by atoms with van der Waals surface area (Å²) in [6, 6.07) is -0.672. The lowest BCUT2D eigenvalue weighted by molar-refractivity contribution is -0.139. The summed E-state index contributed by atoms with van der Waals surface area (Å²) in [6.45, 7) is 0. The van der Waals surface area contributed by atoms with Gasteiger partial charge in [0.25, 0.3) is 5.24 Å². The van der Waals surface area contributed by atoms with E-state index in [2.05, 4.69) is 5.32 Å². The van der Waals surface area contributed by atoms with Crippen LogP contribution >= 0.6 is 11.8 Å². The van der Waals surface area contributed by atoms with Crippen molar-refractivity contribution in [2.45, 2.75) is 12.5 Å². The lowest BCUT2D eigenvalue weighted by atomic mass is 10.2. The van der Waals surface area contributed by atoms with Crippen molar-refractivity contribution in [3.05, 3.63) is 0 Å².